The predicted octanol–water partition coefficient (Wildman–Crippen LogP) is 3.30. The van der Waals surface area contributed by atoms with Gasteiger partial charge >= 0.3 is 0 Å². The van der Waals surface area contributed by atoms with Gasteiger partial charge in [0.05, 0.1) is 6.54 Å². The lowest BCUT2D eigenvalue weighted by Crippen LogP contribution is -2.27. The molecule has 0 aromatic rings. The number of amidine groups is 1. The molecule has 68 valence electrons. The number of rotatable bonds is 0. The van der Waals surface area contributed by atoms with Crippen LogP contribution in [-0.2, 0) is 0 Å². The van der Waals surface area contributed by atoms with Gasteiger partial charge in [0.15, 0.2) is 0 Å². The maximum absolute atomic E-state index is 5.62. The number of nitrogens with zero attached hydrogens (tertiary/aromatic N) is 2. The van der Waals surface area contributed by atoms with Crippen LogP contribution in [0.25, 0.3) is 0 Å². The Kier molecular flexibility index (Phi) is 3.41. The Balaban J connectivity index is 2.84. The van der Waals surface area contributed by atoms with Crippen LogP contribution in [0.2, 0.25) is 0 Å². The molecule has 0 N–H and O–H groups in total. The van der Waals surface area contributed by atoms with Gasteiger partial charge in [-0.05, 0) is 11.6 Å². The molecule has 0 aromatic heterocycles. The third-order valence-electron chi connectivity index (χ3n) is 1.20. The summed E-state index contributed by atoms with van der Waals surface area (Å²) in [6.45, 7) is 0.250. The highest BCUT2D eigenvalue weighted by Crippen LogP contribution is 2.36. The molecule has 0 fully saturated rings. The number of hydrogen-bond donors (Lipinski definition) is 0. The minimum Gasteiger partial charge on any atom is -0.255 e. The fraction of sp³-hybridized carbons (Fsp3) is 0.400. The Hall–Kier alpha value is 0.660. The van der Waals surface area contributed by atoms with Crippen LogP contribution in [0.5, 0.6) is 0 Å². The second kappa shape index (κ2) is 3.81. The Bertz CT molecular complexity index is 241. The molecule has 2 nitrogen and oxygen atoms in total. The monoisotopic (exact) mass is 266 g/mol. The zero-order valence-corrected chi connectivity index (χ0v) is 9.35. The van der Waals surface area contributed by atoms with Crippen LogP contribution in [0, 0.1) is 0 Å². The Labute approximate surface area is 94.8 Å². The van der Waals surface area contributed by atoms with Crippen molar-refractivity contribution in [1.29, 1.82) is 0 Å². The number of aliphatic imine (C=N–C) groups is 1. The summed E-state index contributed by atoms with van der Waals surface area (Å²) in [6.07, 6.45) is 1.40. The van der Waals surface area contributed by atoms with Crippen molar-refractivity contribution in [1.82, 2.24) is 4.42 Å². The van der Waals surface area contributed by atoms with Gasteiger partial charge in [0.1, 0.15) is 0 Å². The highest BCUT2D eigenvalue weighted by molar-refractivity contribution is 6.70. The molecule has 0 amide bonds. The van der Waals surface area contributed by atoms with Crippen LogP contribution >= 0.6 is 58.2 Å². The van der Waals surface area contributed by atoms with Gasteiger partial charge in [-0.15, -0.1) is 0 Å². The molecule has 0 radical (unpaired) electrons. The Morgan fingerprint density at radius 3 is 2.42 bits per heavy atom. The lowest BCUT2D eigenvalue weighted by molar-refractivity contribution is 0.700. The van der Waals surface area contributed by atoms with Crippen molar-refractivity contribution in [2.45, 2.75) is 3.79 Å². The van der Waals surface area contributed by atoms with E-state index in [-0.39, 0.29) is 11.8 Å². The first-order valence-corrected chi connectivity index (χ1v) is 4.69. The molecule has 1 heterocycles. The molecule has 0 aliphatic carbocycles. The van der Waals surface area contributed by atoms with Crippen LogP contribution in [0.15, 0.2) is 16.8 Å². The van der Waals surface area contributed by atoms with E-state index < -0.39 is 3.79 Å². The molecule has 12 heavy (non-hydrogen) atoms. The van der Waals surface area contributed by atoms with Gasteiger partial charge in [-0.25, -0.2) is 4.99 Å². The van der Waals surface area contributed by atoms with Crippen molar-refractivity contribution in [3.8, 4) is 0 Å². The summed E-state index contributed by atoms with van der Waals surface area (Å²) in [5, 5.41) is 0.162. The van der Waals surface area contributed by atoms with E-state index in [9.17, 15) is 0 Å². The summed E-state index contributed by atoms with van der Waals surface area (Å²) in [7, 11) is 0. The molecule has 0 saturated carbocycles. The highest BCUT2D eigenvalue weighted by atomic mass is 35.6. The van der Waals surface area contributed by atoms with E-state index in [1.807, 2.05) is 0 Å². The summed E-state index contributed by atoms with van der Waals surface area (Å²) < 4.78 is -0.312. The molecule has 0 atom stereocenters. The standard InChI is InChI=1S/C5H3Cl5N2/c6-4-11-1-3(2-12(4)10)5(7,8)9/h1H,2H2. The quantitative estimate of drug-likeness (QED) is 0.374. The first-order chi connectivity index (χ1) is 5.41. The third-order valence-corrected chi connectivity index (χ3v) is 2.60. The van der Waals surface area contributed by atoms with Crippen LogP contribution in [-0.4, -0.2) is 20.1 Å². The molecule has 0 aromatic carbocycles. The van der Waals surface area contributed by atoms with Crippen LogP contribution < -0.4 is 0 Å². The average molecular weight is 268 g/mol. The van der Waals surface area contributed by atoms with Crippen LogP contribution in [0.4, 0.5) is 0 Å². The van der Waals surface area contributed by atoms with E-state index in [1.165, 1.54) is 10.6 Å². The average Bonchev–Trinajstić information content (AvgIpc) is 1.92. The largest absolute Gasteiger partial charge is 0.255 e. The summed E-state index contributed by atoms with van der Waals surface area (Å²) in [5.74, 6) is 0. The van der Waals surface area contributed by atoms with E-state index in [2.05, 4.69) is 4.99 Å². The lowest BCUT2D eigenvalue weighted by Gasteiger charge is -2.23. The van der Waals surface area contributed by atoms with Crippen molar-refractivity contribution in [3.05, 3.63) is 11.8 Å². The second-order valence-electron chi connectivity index (χ2n) is 2.07. The SMILES string of the molecule is ClC1=NC=C(C(Cl)(Cl)Cl)CN1Cl. The normalized spacial score (nSPS) is 18.9. The van der Waals surface area contributed by atoms with Gasteiger partial charge in [0.25, 0.3) is 0 Å². The molecular formula is C5H3Cl5N2. The van der Waals surface area contributed by atoms with E-state index in [1.54, 1.807) is 0 Å². The van der Waals surface area contributed by atoms with E-state index in [0.29, 0.717) is 5.57 Å². The second-order valence-corrected chi connectivity index (χ2v) is 5.10. The van der Waals surface area contributed by atoms with Crippen molar-refractivity contribution in [3.63, 3.8) is 0 Å². The minimum atomic E-state index is -1.48. The minimum absolute atomic E-state index is 0.162. The molecule has 0 spiro atoms. The van der Waals surface area contributed by atoms with Crippen molar-refractivity contribution in [2.75, 3.05) is 6.54 Å². The van der Waals surface area contributed by atoms with Crippen molar-refractivity contribution < 1.29 is 0 Å². The molecule has 1 rings (SSSR count). The molecule has 1 aliphatic heterocycles. The smallest absolute Gasteiger partial charge is 0.215 e. The van der Waals surface area contributed by atoms with Gasteiger partial charge < -0.3 is 0 Å². The van der Waals surface area contributed by atoms with Gasteiger partial charge in [0.2, 0.25) is 9.09 Å². The number of halogens is 5. The lowest BCUT2D eigenvalue weighted by atomic mass is 10.3. The van der Waals surface area contributed by atoms with Crippen molar-refractivity contribution in [2.24, 2.45) is 4.99 Å². The molecule has 0 unspecified atom stereocenters. The molecule has 1 aliphatic rings. The topological polar surface area (TPSA) is 15.6 Å². The van der Waals surface area contributed by atoms with Gasteiger partial charge in [-0.3, -0.25) is 4.42 Å². The molecule has 7 heteroatoms. The zero-order chi connectivity index (χ0) is 9.35. The van der Waals surface area contributed by atoms with E-state index >= 15 is 0 Å². The van der Waals surface area contributed by atoms with E-state index in [4.69, 9.17) is 58.2 Å². The van der Waals surface area contributed by atoms with Gasteiger partial charge in [0, 0.05) is 23.5 Å². The Morgan fingerprint density at radius 2 is 2.00 bits per heavy atom. The maximum Gasteiger partial charge on any atom is 0.215 e. The fourth-order valence-corrected chi connectivity index (χ4v) is 1.22. The van der Waals surface area contributed by atoms with Crippen LogP contribution in [0.3, 0.4) is 0 Å². The number of hydrogen-bond acceptors (Lipinski definition) is 2. The maximum atomic E-state index is 5.62. The third kappa shape index (κ3) is 2.57. The first kappa shape index (κ1) is 10.7. The molecule has 0 saturated heterocycles. The van der Waals surface area contributed by atoms with Gasteiger partial charge in [-0.1, -0.05) is 34.8 Å². The highest BCUT2D eigenvalue weighted by Gasteiger charge is 2.29. The van der Waals surface area contributed by atoms with Gasteiger partial charge in [-0.2, -0.15) is 0 Å². The summed E-state index contributed by atoms with van der Waals surface area (Å²) >= 11 is 27.9. The van der Waals surface area contributed by atoms with Crippen LogP contribution in [0.1, 0.15) is 0 Å². The summed E-state index contributed by atoms with van der Waals surface area (Å²) in [5.41, 5.74) is 0.479. The number of alkyl halides is 3. The van der Waals surface area contributed by atoms with Crippen molar-refractivity contribution >= 4 is 63.5 Å². The van der Waals surface area contributed by atoms with E-state index in [0.717, 1.165) is 0 Å². The fourth-order valence-electron chi connectivity index (χ4n) is 0.612. The molecular weight excluding hydrogens is 265 g/mol. The summed E-state index contributed by atoms with van der Waals surface area (Å²) in [6, 6.07) is 0. The predicted molar refractivity (Wildman–Crippen MR) is 54.2 cm³/mol. The summed E-state index contributed by atoms with van der Waals surface area (Å²) in [4.78, 5) is 3.72. The molecule has 0 bridgehead atoms. The first-order valence-electron chi connectivity index (χ1n) is 2.84. The Morgan fingerprint density at radius 1 is 1.42 bits per heavy atom. The zero-order valence-electron chi connectivity index (χ0n) is 5.57.